The summed E-state index contributed by atoms with van der Waals surface area (Å²) in [6.45, 7) is 4.72. The Bertz CT molecular complexity index is 466. The number of likely N-dealkylation sites (N-methyl/N-ethyl adjacent to an activating group) is 1. The van der Waals surface area contributed by atoms with Crippen LogP contribution in [0.3, 0.4) is 0 Å². The van der Waals surface area contributed by atoms with E-state index in [-0.39, 0.29) is 12.4 Å². The zero-order valence-electron chi connectivity index (χ0n) is 11.4. The molecule has 1 N–H and O–H groups in total. The first kappa shape index (κ1) is 14.0. The number of aromatic nitrogens is 2. The molecular weight excluding hydrogens is 248 g/mol. The first-order chi connectivity index (χ1) is 8.91. The molecule has 1 aromatic heterocycles. The van der Waals surface area contributed by atoms with Crippen LogP contribution in [-0.4, -0.2) is 56.8 Å². The second-order valence-corrected chi connectivity index (χ2v) is 5.64. The molecule has 0 radical (unpaired) electrons. The van der Waals surface area contributed by atoms with E-state index in [0.717, 1.165) is 17.6 Å². The molecule has 1 aromatic rings. The van der Waals surface area contributed by atoms with Crippen LogP contribution in [0.15, 0.2) is 6.20 Å². The Hall–Kier alpha value is -1.47. The van der Waals surface area contributed by atoms with Crippen LogP contribution >= 0.6 is 0 Å². The zero-order valence-corrected chi connectivity index (χ0v) is 11.4. The van der Waals surface area contributed by atoms with Crippen molar-refractivity contribution in [3.8, 4) is 0 Å². The molecule has 1 atom stereocenters. The molecule has 2 rings (SSSR count). The van der Waals surface area contributed by atoms with Crippen LogP contribution in [0.4, 0.5) is 5.82 Å². The lowest BCUT2D eigenvalue weighted by Gasteiger charge is -2.30. The van der Waals surface area contributed by atoms with E-state index >= 15 is 0 Å². The Labute approximate surface area is 112 Å². The summed E-state index contributed by atoms with van der Waals surface area (Å²) in [7, 11) is 2.13. The Kier molecular flexibility index (Phi) is 3.86. The van der Waals surface area contributed by atoms with Gasteiger partial charge in [-0.3, -0.25) is 0 Å². The Morgan fingerprint density at radius 3 is 2.79 bits per heavy atom. The van der Waals surface area contributed by atoms with Crippen molar-refractivity contribution < 1.29 is 14.5 Å². The van der Waals surface area contributed by atoms with Crippen LogP contribution in [0, 0.1) is 17.0 Å². The van der Waals surface area contributed by atoms with E-state index in [0.29, 0.717) is 12.4 Å². The maximum Gasteiger partial charge on any atom is 0.342 e. The molecule has 0 spiro atoms. The molecule has 7 heteroatoms. The van der Waals surface area contributed by atoms with Crippen molar-refractivity contribution in [2.45, 2.75) is 32.4 Å². The minimum atomic E-state index is -0.588. The Morgan fingerprint density at radius 1 is 1.58 bits per heavy atom. The fraction of sp³-hybridized carbons (Fsp3) is 0.750. The first-order valence-corrected chi connectivity index (χ1v) is 6.59. The van der Waals surface area contributed by atoms with E-state index in [1.54, 1.807) is 6.92 Å². The quantitative estimate of drug-likeness (QED) is 0.484. The van der Waals surface area contributed by atoms with Crippen molar-refractivity contribution in [1.82, 2.24) is 9.55 Å². The summed E-state index contributed by atoms with van der Waals surface area (Å²) >= 11 is 0. The molecule has 0 aliphatic carbocycles. The summed E-state index contributed by atoms with van der Waals surface area (Å²) in [5.41, 5.74) is 0. The summed E-state index contributed by atoms with van der Waals surface area (Å²) in [6, 6.07) is 0. The summed E-state index contributed by atoms with van der Waals surface area (Å²) < 4.78 is 2.33. The fourth-order valence-corrected chi connectivity index (χ4v) is 2.89. The molecule has 2 heterocycles. The molecule has 1 unspecified atom stereocenters. The smallest absolute Gasteiger partial charge is 0.342 e. The minimum Gasteiger partial charge on any atom is -0.383 e. The number of quaternary nitrogens is 1. The van der Waals surface area contributed by atoms with Crippen molar-refractivity contribution >= 4 is 5.82 Å². The van der Waals surface area contributed by atoms with Gasteiger partial charge in [-0.15, -0.1) is 0 Å². The standard InChI is InChI=1S/C12H21N4O3/c1-10-13-7-12(15(18)19)14(10)8-11(17)9-16(2)5-3-4-6-16/h7,11,17H,3-6,8-9H2,1-2H3/q+1. The molecule has 1 aliphatic rings. The van der Waals surface area contributed by atoms with Crippen LogP contribution in [0.2, 0.25) is 0 Å². The van der Waals surface area contributed by atoms with Gasteiger partial charge in [-0.2, -0.15) is 0 Å². The Morgan fingerprint density at radius 2 is 2.21 bits per heavy atom. The number of imidazole rings is 1. The van der Waals surface area contributed by atoms with E-state index < -0.39 is 11.0 Å². The van der Waals surface area contributed by atoms with E-state index in [1.807, 2.05) is 0 Å². The number of nitrogens with zero attached hydrogens (tertiary/aromatic N) is 4. The second kappa shape index (κ2) is 5.26. The van der Waals surface area contributed by atoms with Crippen LogP contribution < -0.4 is 0 Å². The molecular formula is C12H21N4O3+. The zero-order chi connectivity index (χ0) is 14.0. The lowest BCUT2D eigenvalue weighted by atomic mass is 10.3. The molecule has 106 valence electrons. The largest absolute Gasteiger partial charge is 0.383 e. The third kappa shape index (κ3) is 3.10. The average molecular weight is 269 g/mol. The maximum absolute atomic E-state index is 10.9. The third-order valence-corrected chi connectivity index (χ3v) is 3.91. The van der Waals surface area contributed by atoms with Crippen molar-refractivity contribution in [2.24, 2.45) is 0 Å². The summed E-state index contributed by atoms with van der Waals surface area (Å²) in [5, 5.41) is 21.1. The van der Waals surface area contributed by atoms with Crippen LogP contribution in [0.5, 0.6) is 0 Å². The van der Waals surface area contributed by atoms with Crippen LogP contribution in [-0.2, 0) is 6.54 Å². The van der Waals surface area contributed by atoms with Gasteiger partial charge in [-0.25, -0.2) is 9.55 Å². The highest BCUT2D eigenvalue weighted by molar-refractivity contribution is 5.18. The number of aryl methyl sites for hydroxylation is 1. The van der Waals surface area contributed by atoms with Gasteiger partial charge < -0.3 is 19.7 Å². The monoisotopic (exact) mass is 269 g/mol. The molecule has 1 fully saturated rings. The highest BCUT2D eigenvalue weighted by Crippen LogP contribution is 2.19. The van der Waals surface area contributed by atoms with Gasteiger partial charge in [0.2, 0.25) is 0 Å². The molecule has 0 saturated carbocycles. The Balaban J connectivity index is 2.04. The number of rotatable bonds is 5. The number of nitro groups is 1. The van der Waals surface area contributed by atoms with E-state index in [4.69, 9.17) is 0 Å². The van der Waals surface area contributed by atoms with E-state index in [9.17, 15) is 15.2 Å². The van der Waals surface area contributed by atoms with Crippen molar-refractivity contribution in [2.75, 3.05) is 26.7 Å². The average Bonchev–Trinajstić information content (AvgIpc) is 2.87. The number of hydrogen-bond acceptors (Lipinski definition) is 4. The number of aliphatic hydroxyl groups is 1. The fourth-order valence-electron chi connectivity index (χ4n) is 2.89. The van der Waals surface area contributed by atoms with Crippen LogP contribution in [0.25, 0.3) is 0 Å². The van der Waals surface area contributed by atoms with Gasteiger partial charge in [0.15, 0.2) is 5.82 Å². The van der Waals surface area contributed by atoms with Gasteiger partial charge in [-0.05, 0) is 4.92 Å². The van der Waals surface area contributed by atoms with Gasteiger partial charge in [0.1, 0.15) is 25.4 Å². The van der Waals surface area contributed by atoms with Crippen molar-refractivity contribution in [3.63, 3.8) is 0 Å². The van der Waals surface area contributed by atoms with Gasteiger partial charge in [0.05, 0.1) is 20.1 Å². The third-order valence-electron chi connectivity index (χ3n) is 3.91. The van der Waals surface area contributed by atoms with Gasteiger partial charge >= 0.3 is 5.82 Å². The SMILES string of the molecule is Cc1ncc([N+](=O)[O-])n1CC(O)C[N+]1(C)CCCC1. The highest BCUT2D eigenvalue weighted by Gasteiger charge is 2.31. The first-order valence-electron chi connectivity index (χ1n) is 6.59. The predicted molar refractivity (Wildman–Crippen MR) is 69.6 cm³/mol. The highest BCUT2D eigenvalue weighted by atomic mass is 16.6. The van der Waals surface area contributed by atoms with E-state index in [1.165, 1.54) is 23.6 Å². The normalized spacial score (nSPS) is 19.5. The topological polar surface area (TPSA) is 81.2 Å². The summed E-state index contributed by atoms with van der Waals surface area (Å²) in [4.78, 5) is 14.4. The van der Waals surface area contributed by atoms with Gasteiger partial charge in [-0.1, -0.05) is 0 Å². The molecule has 1 saturated heterocycles. The molecule has 7 nitrogen and oxygen atoms in total. The molecule has 0 amide bonds. The summed E-state index contributed by atoms with van der Waals surface area (Å²) in [5.74, 6) is 0.510. The summed E-state index contributed by atoms with van der Waals surface area (Å²) in [6.07, 6.45) is 3.03. The second-order valence-electron chi connectivity index (χ2n) is 5.64. The number of aliphatic hydroxyl groups excluding tert-OH is 1. The maximum atomic E-state index is 10.9. The van der Waals surface area contributed by atoms with E-state index in [2.05, 4.69) is 12.0 Å². The lowest BCUT2D eigenvalue weighted by molar-refractivity contribution is -0.900. The molecule has 0 bridgehead atoms. The van der Waals surface area contributed by atoms with Gasteiger partial charge in [0.25, 0.3) is 0 Å². The number of hydrogen-bond donors (Lipinski definition) is 1. The minimum absolute atomic E-state index is 0.0550. The van der Waals surface area contributed by atoms with Crippen LogP contribution in [0.1, 0.15) is 18.7 Å². The molecule has 0 aromatic carbocycles. The predicted octanol–water partition coefficient (Wildman–Crippen LogP) is 0.701. The van der Waals surface area contributed by atoms with Gasteiger partial charge in [0, 0.05) is 19.8 Å². The molecule has 1 aliphatic heterocycles. The van der Waals surface area contributed by atoms with Crippen molar-refractivity contribution in [3.05, 3.63) is 22.1 Å². The van der Waals surface area contributed by atoms with Crippen molar-refractivity contribution in [1.29, 1.82) is 0 Å². The number of likely N-dealkylation sites (tertiary alicyclic amines) is 1. The lowest BCUT2D eigenvalue weighted by Crippen LogP contribution is -2.47. The molecule has 19 heavy (non-hydrogen) atoms.